The molecule has 7 heteroatoms. The number of carbonyl (C=O) groups excluding carboxylic acids is 1. The fraction of sp³-hybridized carbons (Fsp3) is 0.440. The van der Waals surface area contributed by atoms with Crippen molar-refractivity contribution in [2.75, 3.05) is 39.8 Å². The van der Waals surface area contributed by atoms with Crippen LogP contribution in [-0.4, -0.2) is 61.5 Å². The number of rotatable bonds is 8. The third-order valence-electron chi connectivity index (χ3n) is 5.67. The molecule has 0 atom stereocenters. The topological polar surface area (TPSA) is 83.2 Å². The number of amides is 1. The number of primary amides is 1. The van der Waals surface area contributed by atoms with Gasteiger partial charge in [-0.1, -0.05) is 50.2 Å². The van der Waals surface area contributed by atoms with Crippen LogP contribution in [0.25, 0.3) is 0 Å². The Balaban J connectivity index is 1.47. The Bertz CT molecular complexity index is 903. The number of nitrogens with zero attached hydrogens (tertiary/aromatic N) is 3. The second kappa shape index (κ2) is 11.5. The van der Waals surface area contributed by atoms with Crippen LogP contribution in [0.5, 0.6) is 5.75 Å². The lowest BCUT2D eigenvalue weighted by Gasteiger charge is -2.36. The number of carbonyl (C=O) groups is 1. The minimum Gasteiger partial charge on any atom is -0.484 e. The van der Waals surface area contributed by atoms with E-state index in [2.05, 4.69) is 58.2 Å². The lowest BCUT2D eigenvalue weighted by atomic mass is 10.0. The maximum atomic E-state index is 10.9. The maximum Gasteiger partial charge on any atom is 0.255 e. The van der Waals surface area contributed by atoms with Crippen LogP contribution in [-0.2, 0) is 17.9 Å². The monoisotopic (exact) mass is 437 g/mol. The van der Waals surface area contributed by atoms with E-state index in [1.165, 1.54) is 11.1 Å². The van der Waals surface area contributed by atoms with Crippen molar-refractivity contribution < 1.29 is 9.53 Å². The zero-order chi connectivity index (χ0) is 22.9. The van der Waals surface area contributed by atoms with Crippen molar-refractivity contribution in [3.8, 4) is 5.75 Å². The van der Waals surface area contributed by atoms with Gasteiger partial charge in [0.15, 0.2) is 12.6 Å². The molecular formula is C25H35N5O2. The first-order valence-corrected chi connectivity index (χ1v) is 11.2. The molecule has 1 fully saturated rings. The minimum absolute atomic E-state index is 0.120. The van der Waals surface area contributed by atoms with Crippen LogP contribution in [0, 0.1) is 0 Å². The van der Waals surface area contributed by atoms with Gasteiger partial charge < -0.3 is 20.7 Å². The van der Waals surface area contributed by atoms with Gasteiger partial charge in [0.25, 0.3) is 5.91 Å². The fourth-order valence-electron chi connectivity index (χ4n) is 3.80. The molecular weight excluding hydrogens is 402 g/mol. The Morgan fingerprint density at radius 1 is 1.09 bits per heavy atom. The average Bonchev–Trinajstić information content (AvgIpc) is 2.80. The molecule has 7 nitrogen and oxygen atoms in total. The van der Waals surface area contributed by atoms with Gasteiger partial charge >= 0.3 is 0 Å². The largest absolute Gasteiger partial charge is 0.484 e. The first-order chi connectivity index (χ1) is 15.4. The normalized spacial score (nSPS) is 15.1. The van der Waals surface area contributed by atoms with Gasteiger partial charge in [0.05, 0.1) is 0 Å². The summed E-state index contributed by atoms with van der Waals surface area (Å²) < 4.78 is 5.39. The molecule has 3 N–H and O–H groups in total. The lowest BCUT2D eigenvalue weighted by Crippen LogP contribution is -2.52. The molecule has 1 heterocycles. The summed E-state index contributed by atoms with van der Waals surface area (Å²) in [7, 11) is 1.82. The highest BCUT2D eigenvalue weighted by Gasteiger charge is 2.19. The van der Waals surface area contributed by atoms with Crippen molar-refractivity contribution in [2.45, 2.75) is 32.9 Å². The number of aliphatic imine (C=N–C) groups is 1. The van der Waals surface area contributed by atoms with Gasteiger partial charge in [-0.05, 0) is 34.7 Å². The molecule has 3 rings (SSSR count). The highest BCUT2D eigenvalue weighted by Crippen LogP contribution is 2.17. The van der Waals surface area contributed by atoms with Crippen molar-refractivity contribution in [3.63, 3.8) is 0 Å². The molecule has 1 amide bonds. The van der Waals surface area contributed by atoms with Crippen LogP contribution in [0.15, 0.2) is 53.5 Å². The quantitative estimate of drug-likeness (QED) is 0.490. The summed E-state index contributed by atoms with van der Waals surface area (Å²) >= 11 is 0. The van der Waals surface area contributed by atoms with Gasteiger partial charge in [-0.25, -0.2) is 0 Å². The maximum absolute atomic E-state index is 10.9. The second-order valence-electron chi connectivity index (χ2n) is 8.46. The number of nitrogens with one attached hydrogen (secondary N) is 1. The Hall–Kier alpha value is -3.06. The molecule has 1 saturated heterocycles. The molecule has 0 unspecified atom stereocenters. The van der Waals surface area contributed by atoms with Crippen molar-refractivity contribution in [3.05, 3.63) is 65.2 Å². The first-order valence-electron chi connectivity index (χ1n) is 11.2. The number of piperazine rings is 1. The van der Waals surface area contributed by atoms with Gasteiger partial charge in [-0.3, -0.25) is 14.7 Å². The van der Waals surface area contributed by atoms with E-state index in [1.807, 2.05) is 31.3 Å². The van der Waals surface area contributed by atoms with E-state index in [-0.39, 0.29) is 6.61 Å². The minimum atomic E-state index is -0.486. The highest BCUT2D eigenvalue weighted by molar-refractivity contribution is 5.80. The summed E-state index contributed by atoms with van der Waals surface area (Å²) in [5.74, 6) is 1.61. The number of hydrogen-bond donors (Lipinski definition) is 2. The second-order valence-corrected chi connectivity index (χ2v) is 8.46. The predicted molar refractivity (Wildman–Crippen MR) is 129 cm³/mol. The standard InChI is InChI=1S/C25H35N5O2/c1-19(2)22-9-7-20(8-10-22)17-29-11-13-30(14-12-29)25(27-3)28-16-21-5-4-6-23(15-21)32-18-24(26)31/h4-10,15,19H,11-14,16-18H2,1-3H3,(H2,26,31)(H,27,28). The van der Waals surface area contributed by atoms with E-state index in [4.69, 9.17) is 10.5 Å². The first kappa shape index (κ1) is 23.6. The van der Waals surface area contributed by atoms with Gasteiger partial charge in [-0.2, -0.15) is 0 Å². The van der Waals surface area contributed by atoms with Gasteiger partial charge in [0.2, 0.25) is 0 Å². The predicted octanol–water partition coefficient (Wildman–Crippen LogP) is 2.57. The van der Waals surface area contributed by atoms with E-state index in [9.17, 15) is 4.79 Å². The number of nitrogens with two attached hydrogens (primary N) is 1. The van der Waals surface area contributed by atoms with E-state index in [1.54, 1.807) is 0 Å². The smallest absolute Gasteiger partial charge is 0.255 e. The summed E-state index contributed by atoms with van der Waals surface area (Å²) in [6.45, 7) is 9.82. The Morgan fingerprint density at radius 2 is 1.81 bits per heavy atom. The molecule has 2 aromatic carbocycles. The Labute approximate surface area is 191 Å². The van der Waals surface area contributed by atoms with E-state index >= 15 is 0 Å². The van der Waals surface area contributed by atoms with E-state index < -0.39 is 5.91 Å². The Morgan fingerprint density at radius 3 is 2.44 bits per heavy atom. The van der Waals surface area contributed by atoms with Gasteiger partial charge in [0, 0.05) is 46.3 Å². The summed E-state index contributed by atoms with van der Waals surface area (Å²) in [4.78, 5) is 20.2. The molecule has 0 saturated carbocycles. The SMILES string of the molecule is CN=C(NCc1cccc(OCC(N)=O)c1)N1CCN(Cc2ccc(C(C)C)cc2)CC1. The summed E-state index contributed by atoms with van der Waals surface area (Å²) in [5, 5.41) is 3.44. The molecule has 2 aromatic rings. The fourth-order valence-corrected chi connectivity index (χ4v) is 3.80. The molecule has 1 aliphatic rings. The molecule has 1 aliphatic heterocycles. The molecule has 0 aromatic heterocycles. The lowest BCUT2D eigenvalue weighted by molar-refractivity contribution is -0.119. The number of hydrogen-bond acceptors (Lipinski definition) is 4. The molecule has 0 spiro atoms. The van der Waals surface area contributed by atoms with Crippen LogP contribution >= 0.6 is 0 Å². The molecule has 172 valence electrons. The molecule has 32 heavy (non-hydrogen) atoms. The number of benzene rings is 2. The van der Waals surface area contributed by atoms with Crippen LogP contribution < -0.4 is 15.8 Å². The van der Waals surface area contributed by atoms with Crippen molar-refractivity contribution in [2.24, 2.45) is 10.7 Å². The average molecular weight is 438 g/mol. The third-order valence-corrected chi connectivity index (χ3v) is 5.67. The van der Waals surface area contributed by atoms with Crippen molar-refractivity contribution in [1.29, 1.82) is 0 Å². The van der Waals surface area contributed by atoms with Crippen LogP contribution in [0.4, 0.5) is 0 Å². The summed E-state index contributed by atoms with van der Waals surface area (Å²) in [6, 6.07) is 16.6. The molecule has 0 radical (unpaired) electrons. The van der Waals surface area contributed by atoms with Gasteiger partial charge in [-0.15, -0.1) is 0 Å². The van der Waals surface area contributed by atoms with Crippen LogP contribution in [0.2, 0.25) is 0 Å². The van der Waals surface area contributed by atoms with Crippen molar-refractivity contribution >= 4 is 11.9 Å². The zero-order valence-electron chi connectivity index (χ0n) is 19.4. The van der Waals surface area contributed by atoms with Crippen molar-refractivity contribution in [1.82, 2.24) is 15.1 Å². The zero-order valence-corrected chi connectivity index (χ0v) is 19.4. The van der Waals surface area contributed by atoms with Crippen LogP contribution in [0.1, 0.15) is 36.5 Å². The number of ether oxygens (including phenoxy) is 1. The van der Waals surface area contributed by atoms with Crippen LogP contribution in [0.3, 0.4) is 0 Å². The molecule has 0 bridgehead atoms. The van der Waals surface area contributed by atoms with Gasteiger partial charge in [0.1, 0.15) is 5.75 Å². The van der Waals surface area contributed by atoms with E-state index in [0.717, 1.165) is 44.2 Å². The summed E-state index contributed by atoms with van der Waals surface area (Å²) in [6.07, 6.45) is 0. The number of guanidine groups is 1. The third kappa shape index (κ3) is 6.99. The summed E-state index contributed by atoms with van der Waals surface area (Å²) in [5.41, 5.74) is 8.95. The highest BCUT2D eigenvalue weighted by atomic mass is 16.5. The molecule has 0 aliphatic carbocycles. The van der Waals surface area contributed by atoms with E-state index in [0.29, 0.717) is 18.2 Å². The Kier molecular flexibility index (Phi) is 8.50.